The maximum atomic E-state index is 12.4. The number of methoxy groups -OCH3 is 3. The number of rotatable bonds is 10. The van der Waals surface area contributed by atoms with Gasteiger partial charge in [0.05, 0.1) is 32.6 Å². The van der Waals surface area contributed by atoms with Crippen LogP contribution in [0.15, 0.2) is 21.9 Å². The van der Waals surface area contributed by atoms with Gasteiger partial charge in [0.25, 0.3) is 5.56 Å². The van der Waals surface area contributed by atoms with Crippen LogP contribution in [0.4, 0.5) is 5.69 Å². The summed E-state index contributed by atoms with van der Waals surface area (Å²) in [5, 5.41) is 10.6. The molecule has 0 saturated carbocycles. The zero-order valence-corrected chi connectivity index (χ0v) is 18.9. The second-order valence-electron chi connectivity index (χ2n) is 6.68. The zero-order chi connectivity index (χ0) is 23.0. The highest BCUT2D eigenvalue weighted by Crippen LogP contribution is 2.35. The van der Waals surface area contributed by atoms with Gasteiger partial charge in [-0.25, -0.2) is 4.79 Å². The van der Waals surface area contributed by atoms with Gasteiger partial charge >= 0.3 is 5.97 Å². The van der Waals surface area contributed by atoms with E-state index in [0.29, 0.717) is 18.0 Å². The fourth-order valence-corrected chi connectivity index (χ4v) is 3.25. The smallest absolute Gasteiger partial charge is 0.340 e. The van der Waals surface area contributed by atoms with Crippen molar-refractivity contribution < 1.29 is 24.1 Å². The third-order valence-corrected chi connectivity index (χ3v) is 5.00. The van der Waals surface area contributed by atoms with Crippen LogP contribution in [-0.2, 0) is 11.3 Å². The Labute approximate surface area is 185 Å². The Morgan fingerprint density at radius 2 is 1.87 bits per heavy atom. The van der Waals surface area contributed by atoms with E-state index in [0.717, 1.165) is 25.7 Å². The largest absolute Gasteiger partial charge is 0.494 e. The lowest BCUT2D eigenvalue weighted by Crippen LogP contribution is -2.19. The van der Waals surface area contributed by atoms with Crippen molar-refractivity contribution in [2.75, 3.05) is 21.3 Å². The summed E-state index contributed by atoms with van der Waals surface area (Å²) in [6, 6.07) is 2.91. The van der Waals surface area contributed by atoms with Crippen molar-refractivity contribution in [1.29, 1.82) is 0 Å². The van der Waals surface area contributed by atoms with Crippen LogP contribution in [-0.4, -0.2) is 48.2 Å². The zero-order valence-electron chi connectivity index (χ0n) is 18.1. The first-order valence-electron chi connectivity index (χ1n) is 9.82. The van der Waals surface area contributed by atoms with Gasteiger partial charge < -0.3 is 19.3 Å². The molecule has 168 valence electrons. The number of aromatic amines is 1. The summed E-state index contributed by atoms with van der Waals surface area (Å²) in [5.74, 6) is -0.262. The molecule has 0 amide bonds. The highest BCUT2D eigenvalue weighted by atomic mass is 32.1. The van der Waals surface area contributed by atoms with Crippen LogP contribution in [0.5, 0.6) is 17.4 Å². The normalized spacial score (nSPS) is 11.0. The van der Waals surface area contributed by atoms with E-state index in [2.05, 4.69) is 16.9 Å². The lowest BCUT2D eigenvalue weighted by atomic mass is 10.1. The molecule has 2 rings (SSSR count). The van der Waals surface area contributed by atoms with Gasteiger partial charge in [-0.05, 0) is 18.6 Å². The number of hydrogen-bond acceptors (Lipinski definition) is 8. The number of unbranched alkanes of at least 4 members (excludes halogenated alkanes) is 3. The van der Waals surface area contributed by atoms with E-state index in [4.69, 9.17) is 26.4 Å². The monoisotopic (exact) mass is 449 g/mol. The van der Waals surface area contributed by atoms with Gasteiger partial charge in [0.15, 0.2) is 16.3 Å². The number of esters is 1. The quantitative estimate of drug-likeness (QED) is 0.246. The molecule has 0 aliphatic rings. The van der Waals surface area contributed by atoms with Crippen molar-refractivity contribution in [3.8, 4) is 17.4 Å². The SMILES string of the molecule is CCCCCCn1c(O)c(C=Nc2cc(OC)c(OC)cc2C(=O)OC)c(=O)[nH]c1=S. The maximum absolute atomic E-state index is 12.4. The summed E-state index contributed by atoms with van der Waals surface area (Å²) in [6.45, 7) is 2.57. The molecule has 0 saturated heterocycles. The Morgan fingerprint density at radius 3 is 2.48 bits per heavy atom. The second-order valence-corrected chi connectivity index (χ2v) is 7.07. The summed E-state index contributed by atoms with van der Waals surface area (Å²) in [5.41, 5.74) is -0.370. The fourth-order valence-electron chi connectivity index (χ4n) is 2.98. The first-order chi connectivity index (χ1) is 14.9. The van der Waals surface area contributed by atoms with E-state index >= 15 is 0 Å². The van der Waals surface area contributed by atoms with E-state index in [1.165, 1.54) is 44.2 Å². The van der Waals surface area contributed by atoms with Crippen LogP contribution in [0.3, 0.4) is 0 Å². The third kappa shape index (κ3) is 5.72. The number of H-pyrrole nitrogens is 1. The van der Waals surface area contributed by atoms with Crippen LogP contribution in [0, 0.1) is 4.77 Å². The number of ether oxygens (including phenoxy) is 3. The summed E-state index contributed by atoms with van der Waals surface area (Å²) >= 11 is 5.18. The molecule has 31 heavy (non-hydrogen) atoms. The molecule has 1 aromatic heterocycles. The summed E-state index contributed by atoms with van der Waals surface area (Å²) in [4.78, 5) is 31.4. The van der Waals surface area contributed by atoms with Crippen molar-refractivity contribution in [3.63, 3.8) is 0 Å². The lowest BCUT2D eigenvalue weighted by molar-refractivity contribution is 0.0601. The van der Waals surface area contributed by atoms with Gasteiger partial charge in [0, 0.05) is 24.9 Å². The first kappa shape index (κ1) is 24.1. The van der Waals surface area contributed by atoms with Crippen molar-refractivity contribution in [3.05, 3.63) is 38.4 Å². The third-order valence-electron chi connectivity index (χ3n) is 4.68. The molecule has 0 fully saturated rings. The van der Waals surface area contributed by atoms with Crippen LogP contribution in [0.2, 0.25) is 0 Å². The standard InChI is InChI=1S/C21H27N3O6S/c1-5-6-7-8-9-24-19(26)14(18(25)23-21(24)31)12-22-15-11-17(29-3)16(28-2)10-13(15)20(27)30-4/h10-12,26H,5-9H2,1-4H3,(H,23,25,31). The molecule has 1 heterocycles. The molecule has 9 nitrogen and oxygen atoms in total. The molecule has 2 N–H and O–H groups in total. The van der Waals surface area contributed by atoms with Crippen molar-refractivity contribution in [2.24, 2.45) is 4.99 Å². The highest BCUT2D eigenvalue weighted by molar-refractivity contribution is 7.71. The predicted molar refractivity (Wildman–Crippen MR) is 120 cm³/mol. The van der Waals surface area contributed by atoms with Gasteiger partial charge in [-0.1, -0.05) is 26.2 Å². The van der Waals surface area contributed by atoms with Gasteiger partial charge in [-0.3, -0.25) is 19.3 Å². The van der Waals surface area contributed by atoms with Gasteiger partial charge in [0.1, 0.15) is 5.56 Å². The first-order valence-corrected chi connectivity index (χ1v) is 10.2. The second kappa shape index (κ2) is 11.3. The minimum absolute atomic E-state index is 0.0744. The molecule has 1 aromatic carbocycles. The number of nitrogens with zero attached hydrogens (tertiary/aromatic N) is 2. The summed E-state index contributed by atoms with van der Waals surface area (Å²) in [7, 11) is 4.13. The number of aliphatic imine (C=N–C) groups is 1. The Bertz CT molecular complexity index is 1070. The Kier molecular flexibility index (Phi) is 8.80. The van der Waals surface area contributed by atoms with Gasteiger partial charge in [0.2, 0.25) is 5.88 Å². The predicted octanol–water partition coefficient (Wildman–Crippen LogP) is 3.75. The number of carbonyl (C=O) groups excluding carboxylic acids is 1. The van der Waals surface area contributed by atoms with E-state index in [1.54, 1.807) is 0 Å². The molecule has 0 aliphatic carbocycles. The van der Waals surface area contributed by atoms with E-state index in [9.17, 15) is 14.7 Å². The van der Waals surface area contributed by atoms with E-state index in [-0.39, 0.29) is 27.5 Å². The lowest BCUT2D eigenvalue weighted by Gasteiger charge is -2.12. The Balaban J connectivity index is 2.50. The van der Waals surface area contributed by atoms with E-state index < -0.39 is 11.5 Å². The Morgan fingerprint density at radius 1 is 1.19 bits per heavy atom. The topological polar surface area (TPSA) is 115 Å². The van der Waals surface area contributed by atoms with Crippen molar-refractivity contribution >= 4 is 30.1 Å². The molecule has 0 aliphatic heterocycles. The number of benzene rings is 1. The minimum atomic E-state index is -0.641. The molecule has 0 bridgehead atoms. The molecule has 0 spiro atoms. The number of carbonyl (C=O) groups is 1. The van der Waals surface area contributed by atoms with Gasteiger partial charge in [-0.15, -0.1) is 0 Å². The van der Waals surface area contributed by atoms with Crippen molar-refractivity contribution in [2.45, 2.75) is 39.2 Å². The van der Waals surface area contributed by atoms with Crippen LogP contribution < -0.4 is 15.0 Å². The molecule has 0 atom stereocenters. The Hall–Kier alpha value is -3.14. The molecule has 10 heteroatoms. The number of aromatic hydroxyl groups is 1. The summed E-state index contributed by atoms with van der Waals surface area (Å²) < 4.78 is 16.9. The molecule has 0 unspecified atom stereocenters. The van der Waals surface area contributed by atoms with E-state index in [1.807, 2.05) is 0 Å². The molecular formula is C21H27N3O6S. The fraction of sp³-hybridized carbons (Fsp3) is 0.429. The average Bonchev–Trinajstić information content (AvgIpc) is 2.77. The maximum Gasteiger partial charge on any atom is 0.340 e. The molecule has 0 radical (unpaired) electrons. The van der Waals surface area contributed by atoms with Crippen LogP contribution in [0.25, 0.3) is 0 Å². The molecular weight excluding hydrogens is 422 g/mol. The number of nitrogens with one attached hydrogen (secondary N) is 1. The number of hydrogen-bond donors (Lipinski definition) is 2. The van der Waals surface area contributed by atoms with Crippen molar-refractivity contribution in [1.82, 2.24) is 9.55 Å². The molecule has 2 aromatic rings. The number of aromatic nitrogens is 2. The average molecular weight is 450 g/mol. The highest BCUT2D eigenvalue weighted by Gasteiger charge is 2.18. The van der Waals surface area contributed by atoms with Gasteiger partial charge in [-0.2, -0.15) is 0 Å². The minimum Gasteiger partial charge on any atom is -0.494 e. The van der Waals surface area contributed by atoms with Crippen LogP contribution >= 0.6 is 12.2 Å². The summed E-state index contributed by atoms with van der Waals surface area (Å²) in [6.07, 6.45) is 5.12. The van der Waals surface area contributed by atoms with Crippen LogP contribution in [0.1, 0.15) is 48.5 Å².